The first kappa shape index (κ1) is 25.1. The molecule has 3 aromatic carbocycles. The predicted octanol–water partition coefficient (Wildman–Crippen LogP) is 5.40. The van der Waals surface area contributed by atoms with E-state index in [1.165, 1.54) is 0 Å². The first-order valence-corrected chi connectivity index (χ1v) is 11.9. The Hall–Kier alpha value is -3.97. The molecule has 4 aromatic rings. The summed E-state index contributed by atoms with van der Waals surface area (Å²) in [5.74, 6) is 1.09. The molecule has 0 atom stereocenters. The van der Waals surface area contributed by atoms with Crippen LogP contribution in [0.3, 0.4) is 0 Å². The van der Waals surface area contributed by atoms with Gasteiger partial charge in [0.15, 0.2) is 11.5 Å². The van der Waals surface area contributed by atoms with E-state index in [0.29, 0.717) is 43.5 Å². The van der Waals surface area contributed by atoms with E-state index in [4.69, 9.17) is 14.2 Å². The highest BCUT2D eigenvalue weighted by atomic mass is 16.5. The molecule has 36 heavy (non-hydrogen) atoms. The number of hydrogen-bond donors (Lipinski definition) is 2. The number of carboxylic acid groups (broad SMARTS) is 1. The number of nitrogens with zero attached hydrogens (tertiary/aromatic N) is 1. The molecular formula is C29H32N2O5. The number of aromatic carboxylic acids is 1. The Morgan fingerprint density at radius 2 is 1.67 bits per heavy atom. The molecule has 0 aliphatic carbocycles. The molecule has 0 spiro atoms. The second-order valence-corrected chi connectivity index (χ2v) is 8.61. The summed E-state index contributed by atoms with van der Waals surface area (Å²) in [6.45, 7) is 5.90. The highest BCUT2D eigenvalue weighted by Crippen LogP contribution is 2.31. The van der Waals surface area contributed by atoms with E-state index in [1.807, 2.05) is 79.1 Å². The zero-order valence-electron chi connectivity index (χ0n) is 21.1. The lowest BCUT2D eigenvalue weighted by Crippen LogP contribution is -2.17. The molecule has 0 aliphatic rings. The Labute approximate surface area is 211 Å². The second kappa shape index (κ2) is 11.2. The topological polar surface area (TPSA) is 82.0 Å². The quantitative estimate of drug-likeness (QED) is 0.294. The molecule has 0 unspecified atom stereocenters. The largest absolute Gasteiger partial charge is 0.497 e. The molecule has 1 aromatic heterocycles. The van der Waals surface area contributed by atoms with Gasteiger partial charge in [0, 0.05) is 36.7 Å². The Morgan fingerprint density at radius 3 is 2.33 bits per heavy atom. The minimum absolute atomic E-state index is 0.274. The van der Waals surface area contributed by atoms with Gasteiger partial charge in [-0.15, -0.1) is 0 Å². The maximum Gasteiger partial charge on any atom is 0.352 e. The minimum atomic E-state index is -0.961. The van der Waals surface area contributed by atoms with Gasteiger partial charge in [-0.1, -0.05) is 35.9 Å². The van der Waals surface area contributed by atoms with Gasteiger partial charge < -0.3 is 29.2 Å². The van der Waals surface area contributed by atoms with Crippen LogP contribution in [0.15, 0.2) is 60.7 Å². The molecule has 0 radical (unpaired) electrons. The zero-order valence-corrected chi connectivity index (χ0v) is 21.1. The van der Waals surface area contributed by atoms with Crippen LogP contribution >= 0.6 is 0 Å². The summed E-state index contributed by atoms with van der Waals surface area (Å²) in [6, 6.07) is 19.6. The summed E-state index contributed by atoms with van der Waals surface area (Å²) in [4.78, 5) is 12.5. The third-order valence-electron chi connectivity index (χ3n) is 6.20. The molecule has 0 bridgehead atoms. The third kappa shape index (κ3) is 5.31. The summed E-state index contributed by atoms with van der Waals surface area (Å²) >= 11 is 0. The first-order valence-electron chi connectivity index (χ1n) is 11.9. The van der Waals surface area contributed by atoms with Crippen molar-refractivity contribution < 1.29 is 24.1 Å². The van der Waals surface area contributed by atoms with Crippen molar-refractivity contribution in [3.05, 3.63) is 88.6 Å². The van der Waals surface area contributed by atoms with Crippen LogP contribution in [0.4, 0.5) is 0 Å². The molecule has 0 fully saturated rings. The number of ether oxygens (including phenoxy) is 3. The SMILES string of the molecule is CCOc1ccc(CNCc2c(C(=O)O)n(Cc3ccc(C)cc3)c3cc(OC)ccc23)cc1OC. The van der Waals surface area contributed by atoms with Gasteiger partial charge in [-0.2, -0.15) is 0 Å². The zero-order chi connectivity index (χ0) is 25.7. The van der Waals surface area contributed by atoms with Gasteiger partial charge in [-0.3, -0.25) is 0 Å². The number of benzene rings is 3. The van der Waals surface area contributed by atoms with Gasteiger partial charge in [-0.05, 0) is 49.2 Å². The number of rotatable bonds is 11. The lowest BCUT2D eigenvalue weighted by atomic mass is 10.1. The monoisotopic (exact) mass is 488 g/mol. The number of aromatic nitrogens is 1. The molecule has 0 amide bonds. The normalized spacial score (nSPS) is 11.0. The van der Waals surface area contributed by atoms with Crippen molar-refractivity contribution in [1.29, 1.82) is 0 Å². The third-order valence-corrected chi connectivity index (χ3v) is 6.20. The van der Waals surface area contributed by atoms with Crippen molar-refractivity contribution in [2.75, 3.05) is 20.8 Å². The number of carbonyl (C=O) groups is 1. The van der Waals surface area contributed by atoms with Gasteiger partial charge in [0.2, 0.25) is 0 Å². The lowest BCUT2D eigenvalue weighted by molar-refractivity contribution is 0.0684. The standard InChI is InChI=1S/C29H32N2O5/c1-5-36-26-13-10-21(14-27(26)35-4)16-30-17-24-23-12-11-22(34-3)15-25(23)31(28(24)29(32)33)18-20-8-6-19(2)7-9-20/h6-15,30H,5,16-18H2,1-4H3,(H,32,33). The number of hydrogen-bond acceptors (Lipinski definition) is 5. The molecule has 0 aliphatic heterocycles. The van der Waals surface area contributed by atoms with E-state index in [1.54, 1.807) is 14.2 Å². The van der Waals surface area contributed by atoms with Crippen molar-refractivity contribution >= 4 is 16.9 Å². The molecule has 1 heterocycles. The summed E-state index contributed by atoms with van der Waals surface area (Å²) in [6.07, 6.45) is 0. The van der Waals surface area contributed by atoms with Gasteiger partial charge in [-0.25, -0.2) is 4.79 Å². The van der Waals surface area contributed by atoms with Crippen molar-refractivity contribution in [1.82, 2.24) is 9.88 Å². The molecular weight excluding hydrogens is 456 g/mol. The van der Waals surface area contributed by atoms with E-state index in [0.717, 1.165) is 33.2 Å². The van der Waals surface area contributed by atoms with Crippen LogP contribution in [0.5, 0.6) is 17.2 Å². The Morgan fingerprint density at radius 1 is 0.917 bits per heavy atom. The Bertz CT molecular complexity index is 1360. The Balaban J connectivity index is 1.67. The van der Waals surface area contributed by atoms with Gasteiger partial charge >= 0.3 is 5.97 Å². The highest BCUT2D eigenvalue weighted by Gasteiger charge is 2.23. The Kier molecular flexibility index (Phi) is 7.80. The lowest BCUT2D eigenvalue weighted by Gasteiger charge is -2.12. The molecule has 0 saturated heterocycles. The molecule has 0 saturated carbocycles. The van der Waals surface area contributed by atoms with Crippen molar-refractivity contribution in [3.8, 4) is 17.2 Å². The summed E-state index contributed by atoms with van der Waals surface area (Å²) in [7, 11) is 3.23. The molecule has 7 nitrogen and oxygen atoms in total. The molecule has 188 valence electrons. The summed E-state index contributed by atoms with van der Waals surface area (Å²) < 4.78 is 18.4. The molecule has 4 rings (SSSR count). The highest BCUT2D eigenvalue weighted by molar-refractivity contribution is 5.98. The summed E-state index contributed by atoms with van der Waals surface area (Å²) in [5, 5.41) is 14.6. The van der Waals surface area contributed by atoms with E-state index < -0.39 is 5.97 Å². The van der Waals surface area contributed by atoms with Gasteiger partial charge in [0.1, 0.15) is 11.4 Å². The van der Waals surface area contributed by atoms with Gasteiger partial charge in [0.05, 0.1) is 26.3 Å². The number of fused-ring (bicyclic) bond motifs is 1. The second-order valence-electron chi connectivity index (χ2n) is 8.61. The number of methoxy groups -OCH3 is 2. The van der Waals surface area contributed by atoms with Crippen LogP contribution < -0.4 is 19.5 Å². The number of aryl methyl sites for hydroxylation is 1. The number of carboxylic acids is 1. The maximum atomic E-state index is 12.5. The average Bonchev–Trinajstić information content (AvgIpc) is 3.18. The van der Waals surface area contributed by atoms with Crippen LogP contribution in [0.1, 0.15) is 39.7 Å². The predicted molar refractivity (Wildman–Crippen MR) is 140 cm³/mol. The fourth-order valence-corrected chi connectivity index (χ4v) is 4.42. The van der Waals surface area contributed by atoms with E-state index in [-0.39, 0.29) is 5.69 Å². The molecule has 2 N–H and O–H groups in total. The first-order chi connectivity index (χ1) is 17.4. The van der Waals surface area contributed by atoms with Crippen molar-refractivity contribution in [2.45, 2.75) is 33.5 Å². The summed E-state index contributed by atoms with van der Waals surface area (Å²) in [5.41, 5.74) is 5.04. The van der Waals surface area contributed by atoms with Crippen LogP contribution in [0.25, 0.3) is 10.9 Å². The fourth-order valence-electron chi connectivity index (χ4n) is 4.42. The van der Waals surface area contributed by atoms with Gasteiger partial charge in [0.25, 0.3) is 0 Å². The van der Waals surface area contributed by atoms with E-state index in [2.05, 4.69) is 5.32 Å². The van der Waals surface area contributed by atoms with Crippen molar-refractivity contribution in [3.63, 3.8) is 0 Å². The molecule has 7 heteroatoms. The van der Waals surface area contributed by atoms with Crippen LogP contribution in [-0.4, -0.2) is 36.5 Å². The van der Waals surface area contributed by atoms with E-state index >= 15 is 0 Å². The van der Waals surface area contributed by atoms with Crippen molar-refractivity contribution in [2.24, 2.45) is 0 Å². The van der Waals surface area contributed by atoms with E-state index in [9.17, 15) is 9.90 Å². The smallest absolute Gasteiger partial charge is 0.352 e. The van der Waals surface area contributed by atoms with Crippen LogP contribution in [-0.2, 0) is 19.6 Å². The van der Waals surface area contributed by atoms with Crippen LogP contribution in [0.2, 0.25) is 0 Å². The van der Waals surface area contributed by atoms with Crippen LogP contribution in [0, 0.1) is 6.92 Å². The fraction of sp³-hybridized carbons (Fsp3) is 0.276. The average molecular weight is 489 g/mol. The maximum absolute atomic E-state index is 12.5. The number of nitrogens with one attached hydrogen (secondary N) is 1. The minimum Gasteiger partial charge on any atom is -0.497 e.